The fraction of sp³-hybridized carbons (Fsp3) is 0.100. The lowest BCUT2D eigenvalue weighted by molar-refractivity contribution is 0.374. The molecule has 0 saturated heterocycles. The fourth-order valence-electron chi connectivity index (χ4n) is 1.46. The van der Waals surface area contributed by atoms with Crippen LogP contribution in [0.5, 0.6) is 11.5 Å². The van der Waals surface area contributed by atoms with Crippen molar-refractivity contribution in [3.63, 3.8) is 0 Å². The molecule has 0 unspecified atom stereocenters. The Balaban J connectivity index is 0.00000128. The second-order valence-corrected chi connectivity index (χ2v) is 3.06. The highest BCUT2D eigenvalue weighted by molar-refractivity contribution is 5.86. The summed E-state index contributed by atoms with van der Waals surface area (Å²) in [6.45, 7) is 0. The Morgan fingerprint density at radius 1 is 1.00 bits per heavy atom. The van der Waals surface area contributed by atoms with Crippen molar-refractivity contribution >= 4 is 10.8 Å². The Kier molecular flexibility index (Phi) is 2.78. The first kappa shape index (κ1) is 11.9. The number of methoxy groups -OCH3 is 1. The van der Waals surface area contributed by atoms with E-state index in [1.54, 1.807) is 0 Å². The molecule has 0 amide bonds. The van der Waals surface area contributed by atoms with Gasteiger partial charge >= 0.3 is 0 Å². The first-order valence-electron chi connectivity index (χ1n) is 4.10. The van der Waals surface area contributed by atoms with Gasteiger partial charge in [0.1, 0.15) is 0 Å². The van der Waals surface area contributed by atoms with Crippen LogP contribution in [0.1, 0.15) is 0 Å². The van der Waals surface area contributed by atoms with Crippen LogP contribution in [0.15, 0.2) is 26.5 Å². The third-order valence-electron chi connectivity index (χ3n) is 2.22. The molecule has 16 heavy (non-hydrogen) atoms. The summed E-state index contributed by atoms with van der Waals surface area (Å²) in [6.07, 6.45) is 0. The lowest BCUT2D eigenvalue weighted by Gasteiger charge is -2.01. The smallest absolute Gasteiger partial charge is 0.273 e. The van der Waals surface area contributed by atoms with Crippen molar-refractivity contribution in [3.8, 4) is 11.5 Å². The summed E-state index contributed by atoms with van der Waals surface area (Å²) in [7, 11) is 1.31. The van der Waals surface area contributed by atoms with E-state index in [2.05, 4.69) is 0 Å². The zero-order valence-electron chi connectivity index (χ0n) is 8.23. The number of fused-ring (bicyclic) bond motifs is 1. The maximum Gasteiger partial charge on any atom is 0.273 e. The molecule has 0 spiro atoms. The minimum absolute atomic E-state index is 0. The highest BCUT2D eigenvalue weighted by Crippen LogP contribution is 2.27. The third-order valence-corrected chi connectivity index (χ3v) is 2.22. The molecule has 0 aromatic heterocycles. The molecule has 0 aliphatic rings. The van der Waals surface area contributed by atoms with Crippen LogP contribution in [0.4, 0.5) is 0 Å². The molecule has 0 heterocycles. The van der Waals surface area contributed by atoms with E-state index in [9.17, 15) is 19.5 Å². The van der Waals surface area contributed by atoms with Gasteiger partial charge in [0.15, 0.2) is 11.5 Å². The number of rotatable bonds is 1. The predicted molar refractivity (Wildman–Crippen MR) is 57.0 cm³/mol. The maximum atomic E-state index is 11.3. The van der Waals surface area contributed by atoms with Crippen molar-refractivity contribution in [2.24, 2.45) is 0 Å². The molecular weight excluding hydrogens is 216 g/mol. The lowest BCUT2D eigenvalue weighted by Crippen LogP contribution is -2.29. The number of hydrogen-bond acceptors (Lipinski definition) is 5. The molecular formula is C10H8O6. The topological polar surface area (TPSA) is 112 Å². The van der Waals surface area contributed by atoms with Crippen LogP contribution in [-0.4, -0.2) is 17.7 Å². The van der Waals surface area contributed by atoms with Gasteiger partial charge in [-0.05, 0) is 12.1 Å². The highest BCUT2D eigenvalue weighted by Gasteiger charge is 2.15. The molecule has 0 bridgehead atoms. The average molecular weight is 224 g/mol. The Labute approximate surface area is 88.3 Å². The van der Waals surface area contributed by atoms with Gasteiger partial charge in [-0.1, -0.05) is 0 Å². The Morgan fingerprint density at radius 2 is 1.50 bits per heavy atom. The number of phenolic OH excluding ortho intramolecular Hbond substituents is 1. The van der Waals surface area contributed by atoms with Crippen LogP contribution in [0.2, 0.25) is 0 Å². The SMILES string of the molecule is COc1cc2c(=O)c(=O)c(=O)c2cc1O.O. The molecule has 0 saturated carbocycles. The summed E-state index contributed by atoms with van der Waals surface area (Å²) in [5, 5.41) is 9.28. The van der Waals surface area contributed by atoms with Crippen LogP contribution < -0.4 is 21.0 Å². The Bertz CT molecular complexity index is 678. The van der Waals surface area contributed by atoms with E-state index in [0.717, 1.165) is 6.07 Å². The predicted octanol–water partition coefficient (Wildman–Crippen LogP) is -1.31. The average Bonchev–Trinajstić information content (AvgIpc) is 2.43. The Hall–Kier alpha value is -2.21. The molecule has 2 rings (SSSR count). The van der Waals surface area contributed by atoms with Gasteiger partial charge < -0.3 is 15.3 Å². The van der Waals surface area contributed by atoms with Crippen LogP contribution in [0.3, 0.4) is 0 Å². The molecule has 3 N–H and O–H groups in total. The van der Waals surface area contributed by atoms with E-state index >= 15 is 0 Å². The second kappa shape index (κ2) is 3.74. The molecule has 0 radical (unpaired) electrons. The number of phenols is 1. The van der Waals surface area contributed by atoms with Gasteiger partial charge in [-0.3, -0.25) is 14.4 Å². The standard InChI is InChI=1S/C10H6O5.H2O/c1-15-7-3-5-4(2-6(7)11)8(12)10(14)9(5)13;/h2-3,11H,1H3;1H2. The number of hydrogen-bond donors (Lipinski definition) is 1. The number of benzene rings is 1. The van der Waals surface area contributed by atoms with E-state index in [0.29, 0.717) is 0 Å². The molecule has 84 valence electrons. The van der Waals surface area contributed by atoms with E-state index in [1.165, 1.54) is 13.2 Å². The van der Waals surface area contributed by atoms with Gasteiger partial charge in [0.05, 0.1) is 7.11 Å². The largest absolute Gasteiger partial charge is 0.504 e. The summed E-state index contributed by atoms with van der Waals surface area (Å²) in [5.74, 6) is -0.211. The third kappa shape index (κ3) is 1.36. The van der Waals surface area contributed by atoms with Crippen molar-refractivity contribution in [1.29, 1.82) is 0 Å². The van der Waals surface area contributed by atoms with E-state index in [4.69, 9.17) is 4.74 Å². The molecule has 0 fully saturated rings. The van der Waals surface area contributed by atoms with Crippen molar-refractivity contribution < 1.29 is 15.3 Å². The zero-order valence-corrected chi connectivity index (χ0v) is 8.23. The van der Waals surface area contributed by atoms with Crippen molar-refractivity contribution in [2.75, 3.05) is 7.11 Å². The molecule has 0 atom stereocenters. The minimum Gasteiger partial charge on any atom is -0.504 e. The quantitative estimate of drug-likeness (QED) is 0.604. The van der Waals surface area contributed by atoms with Crippen LogP contribution in [0, 0.1) is 0 Å². The van der Waals surface area contributed by atoms with Gasteiger partial charge in [-0.25, -0.2) is 0 Å². The van der Waals surface area contributed by atoms with Crippen molar-refractivity contribution in [3.05, 3.63) is 42.8 Å². The van der Waals surface area contributed by atoms with Gasteiger partial charge in [-0.2, -0.15) is 0 Å². The van der Waals surface area contributed by atoms with Crippen molar-refractivity contribution in [2.45, 2.75) is 0 Å². The molecule has 6 nitrogen and oxygen atoms in total. The van der Waals surface area contributed by atoms with E-state index in [1.807, 2.05) is 0 Å². The van der Waals surface area contributed by atoms with Gasteiger partial charge in [0, 0.05) is 10.8 Å². The summed E-state index contributed by atoms with van der Waals surface area (Å²) in [6, 6.07) is 2.26. The van der Waals surface area contributed by atoms with Crippen LogP contribution >= 0.6 is 0 Å². The van der Waals surface area contributed by atoms with Gasteiger partial charge in [-0.15, -0.1) is 0 Å². The van der Waals surface area contributed by atoms with E-state index < -0.39 is 16.3 Å². The monoisotopic (exact) mass is 224 g/mol. The van der Waals surface area contributed by atoms with Crippen molar-refractivity contribution in [1.82, 2.24) is 0 Å². The summed E-state index contributed by atoms with van der Waals surface area (Å²) < 4.78 is 4.76. The summed E-state index contributed by atoms with van der Waals surface area (Å²) in [5.41, 5.74) is -2.81. The van der Waals surface area contributed by atoms with Crippen LogP contribution in [-0.2, 0) is 0 Å². The molecule has 2 aromatic carbocycles. The molecule has 2 aromatic rings. The molecule has 0 aliphatic heterocycles. The minimum atomic E-state index is -1.07. The highest BCUT2D eigenvalue weighted by atomic mass is 16.5. The van der Waals surface area contributed by atoms with Crippen LogP contribution in [0.25, 0.3) is 10.8 Å². The summed E-state index contributed by atoms with van der Waals surface area (Å²) >= 11 is 0. The first-order chi connectivity index (χ1) is 7.06. The number of ether oxygens (including phenoxy) is 1. The summed E-state index contributed by atoms with van der Waals surface area (Å²) in [4.78, 5) is 33.6. The van der Waals surface area contributed by atoms with E-state index in [-0.39, 0.29) is 27.7 Å². The second-order valence-electron chi connectivity index (χ2n) is 3.06. The fourth-order valence-corrected chi connectivity index (χ4v) is 1.46. The zero-order chi connectivity index (χ0) is 11.2. The van der Waals surface area contributed by atoms with Gasteiger partial charge in [0.25, 0.3) is 5.43 Å². The molecule has 0 aliphatic carbocycles. The number of aromatic hydroxyl groups is 1. The normalized spacial score (nSPS) is 10.1. The van der Waals surface area contributed by atoms with Gasteiger partial charge in [0.2, 0.25) is 10.9 Å². The lowest BCUT2D eigenvalue weighted by atomic mass is 10.2. The maximum absolute atomic E-state index is 11.3. The Morgan fingerprint density at radius 3 is 2.00 bits per heavy atom. The molecule has 6 heteroatoms. The first-order valence-corrected chi connectivity index (χ1v) is 4.10.